The molecule has 0 radical (unpaired) electrons. The normalized spacial score (nSPS) is 16.0. The highest BCUT2D eigenvalue weighted by atomic mass is 32.1. The maximum Gasteiger partial charge on any atom is 0.296 e. The van der Waals surface area contributed by atoms with E-state index in [0.29, 0.717) is 21.5 Å². The van der Waals surface area contributed by atoms with E-state index in [1.807, 2.05) is 0 Å². The van der Waals surface area contributed by atoms with Gasteiger partial charge in [0, 0.05) is 12.1 Å². The third-order valence-electron chi connectivity index (χ3n) is 5.38. The van der Waals surface area contributed by atoms with Gasteiger partial charge in [-0.2, -0.15) is 0 Å². The summed E-state index contributed by atoms with van der Waals surface area (Å²) in [7, 11) is 0. The summed E-state index contributed by atoms with van der Waals surface area (Å²) in [6, 6.07) is 11.1. The number of fused-ring (bicyclic) bond motifs is 1. The summed E-state index contributed by atoms with van der Waals surface area (Å²) in [5.74, 6) is -2.47. The number of aliphatic hydroxyl groups excluding tert-OH is 1. The van der Waals surface area contributed by atoms with Crippen LogP contribution in [0.25, 0.3) is 10.2 Å². The number of hydrogen-bond acceptors (Lipinski definition) is 8. The molecule has 1 amide bonds. The first-order valence-corrected chi connectivity index (χ1v) is 10.7. The van der Waals surface area contributed by atoms with Gasteiger partial charge in [0.2, 0.25) is 5.78 Å². The fourth-order valence-electron chi connectivity index (χ4n) is 3.81. The van der Waals surface area contributed by atoms with Crippen LogP contribution in [-0.2, 0) is 4.79 Å². The standard InChI is InChI=1S/C23H14FN3O6S/c1-11-2-9-16(33-11)20(28)18-19(12-3-6-14(7-4-12)27(31)32)26(22(30)21(18)29)23-25-15-8-5-13(24)10-17(15)34-23/h2-10,19,29H,1H3/t19-/m0/s1. The molecule has 0 fully saturated rings. The van der Waals surface area contributed by atoms with Crippen molar-refractivity contribution in [2.75, 3.05) is 4.90 Å². The third kappa shape index (κ3) is 3.42. The molecule has 170 valence electrons. The number of thiazole rings is 1. The Morgan fingerprint density at radius 2 is 1.94 bits per heavy atom. The number of benzene rings is 2. The van der Waals surface area contributed by atoms with E-state index in [0.717, 1.165) is 16.2 Å². The van der Waals surface area contributed by atoms with Gasteiger partial charge in [-0.05, 0) is 55.0 Å². The lowest BCUT2D eigenvalue weighted by molar-refractivity contribution is -0.384. The van der Waals surface area contributed by atoms with Crippen molar-refractivity contribution >= 4 is 44.1 Å². The molecule has 2 aromatic carbocycles. The van der Waals surface area contributed by atoms with Gasteiger partial charge < -0.3 is 9.52 Å². The van der Waals surface area contributed by atoms with Crippen molar-refractivity contribution in [2.45, 2.75) is 13.0 Å². The Bertz CT molecular complexity index is 1520. The molecule has 3 heterocycles. The zero-order chi connectivity index (χ0) is 24.1. The second-order valence-electron chi connectivity index (χ2n) is 7.54. The number of hydrogen-bond donors (Lipinski definition) is 1. The first-order chi connectivity index (χ1) is 16.2. The Labute approximate surface area is 194 Å². The third-order valence-corrected chi connectivity index (χ3v) is 6.40. The van der Waals surface area contributed by atoms with Gasteiger partial charge >= 0.3 is 0 Å². The number of amides is 1. The minimum absolute atomic E-state index is 0.0769. The topological polar surface area (TPSA) is 127 Å². The maximum atomic E-state index is 13.7. The number of aromatic nitrogens is 1. The van der Waals surface area contributed by atoms with Crippen LogP contribution >= 0.6 is 11.3 Å². The molecular weight excluding hydrogens is 465 g/mol. The minimum Gasteiger partial charge on any atom is -0.503 e. The van der Waals surface area contributed by atoms with Crippen LogP contribution in [0.1, 0.15) is 27.9 Å². The summed E-state index contributed by atoms with van der Waals surface area (Å²) < 4.78 is 19.6. The lowest BCUT2D eigenvalue weighted by Crippen LogP contribution is -2.30. The Morgan fingerprint density at radius 3 is 2.59 bits per heavy atom. The zero-order valence-corrected chi connectivity index (χ0v) is 18.2. The average molecular weight is 479 g/mol. The van der Waals surface area contributed by atoms with Crippen molar-refractivity contribution in [3.8, 4) is 0 Å². The SMILES string of the molecule is Cc1ccc(C(=O)C2=C(O)C(=O)N(c3nc4ccc(F)cc4s3)[C@H]2c2ccc([N+](=O)[O-])cc2)o1. The zero-order valence-electron chi connectivity index (χ0n) is 17.4. The number of anilines is 1. The molecule has 1 atom stereocenters. The van der Waals surface area contributed by atoms with Gasteiger partial charge in [-0.3, -0.25) is 24.6 Å². The summed E-state index contributed by atoms with van der Waals surface area (Å²) in [4.78, 5) is 42.5. The molecular formula is C23H14FN3O6S. The number of aliphatic hydroxyl groups is 1. The van der Waals surface area contributed by atoms with Crippen LogP contribution in [0.4, 0.5) is 15.2 Å². The Morgan fingerprint density at radius 1 is 1.21 bits per heavy atom. The molecule has 9 nitrogen and oxygen atoms in total. The largest absolute Gasteiger partial charge is 0.503 e. The quantitative estimate of drug-likeness (QED) is 0.242. The van der Waals surface area contributed by atoms with Crippen molar-refractivity contribution in [3.05, 3.63) is 98.9 Å². The molecule has 0 spiro atoms. The van der Waals surface area contributed by atoms with Crippen LogP contribution in [0.2, 0.25) is 0 Å². The van der Waals surface area contributed by atoms with Gasteiger partial charge in [0.25, 0.3) is 11.6 Å². The van der Waals surface area contributed by atoms with Crippen molar-refractivity contribution in [3.63, 3.8) is 0 Å². The average Bonchev–Trinajstić information content (AvgIpc) is 3.49. The number of nitrogens with zero attached hydrogens (tertiary/aromatic N) is 3. The van der Waals surface area contributed by atoms with E-state index in [4.69, 9.17) is 4.42 Å². The summed E-state index contributed by atoms with van der Waals surface area (Å²) in [6.07, 6.45) is 0. The van der Waals surface area contributed by atoms with E-state index in [9.17, 15) is 29.2 Å². The number of halogens is 1. The van der Waals surface area contributed by atoms with E-state index in [2.05, 4.69) is 4.98 Å². The number of aryl methyl sites for hydroxylation is 1. The lowest BCUT2D eigenvalue weighted by atomic mass is 9.95. The monoisotopic (exact) mass is 479 g/mol. The van der Waals surface area contributed by atoms with Crippen LogP contribution in [0.15, 0.2) is 70.3 Å². The molecule has 2 aromatic heterocycles. The number of Topliss-reactive ketones (excluding diaryl/α,β-unsaturated/α-hetero) is 1. The maximum absolute atomic E-state index is 13.7. The molecule has 1 N–H and O–H groups in total. The number of ketones is 1. The van der Waals surface area contributed by atoms with E-state index >= 15 is 0 Å². The second-order valence-corrected chi connectivity index (χ2v) is 8.55. The molecule has 0 saturated heterocycles. The Kier molecular flexibility index (Phi) is 4.98. The van der Waals surface area contributed by atoms with Gasteiger partial charge in [-0.1, -0.05) is 11.3 Å². The van der Waals surface area contributed by atoms with Crippen molar-refractivity contribution in [1.29, 1.82) is 0 Å². The number of non-ortho nitro benzene ring substituents is 1. The fourth-order valence-corrected chi connectivity index (χ4v) is 4.82. The molecule has 4 aromatic rings. The van der Waals surface area contributed by atoms with Crippen LogP contribution in [0.3, 0.4) is 0 Å². The molecule has 0 saturated carbocycles. The van der Waals surface area contributed by atoms with E-state index in [1.54, 1.807) is 13.0 Å². The van der Waals surface area contributed by atoms with Gasteiger partial charge in [0.15, 0.2) is 16.7 Å². The van der Waals surface area contributed by atoms with Gasteiger partial charge in [-0.25, -0.2) is 9.37 Å². The van der Waals surface area contributed by atoms with Crippen molar-refractivity contribution in [2.24, 2.45) is 0 Å². The summed E-state index contributed by atoms with van der Waals surface area (Å²) >= 11 is 1.01. The van der Waals surface area contributed by atoms with Crippen molar-refractivity contribution in [1.82, 2.24) is 4.98 Å². The van der Waals surface area contributed by atoms with Crippen LogP contribution < -0.4 is 4.90 Å². The highest BCUT2D eigenvalue weighted by Gasteiger charge is 2.46. The second kappa shape index (κ2) is 7.89. The van der Waals surface area contributed by atoms with E-state index in [-0.39, 0.29) is 22.2 Å². The smallest absolute Gasteiger partial charge is 0.296 e. The minimum atomic E-state index is -1.14. The number of rotatable bonds is 5. The molecule has 11 heteroatoms. The molecule has 5 rings (SSSR count). The molecule has 1 aliphatic heterocycles. The highest BCUT2D eigenvalue weighted by molar-refractivity contribution is 7.22. The molecule has 0 unspecified atom stereocenters. The van der Waals surface area contributed by atoms with E-state index < -0.39 is 34.2 Å². The molecule has 0 bridgehead atoms. The van der Waals surface area contributed by atoms with Gasteiger partial charge in [-0.15, -0.1) is 0 Å². The van der Waals surface area contributed by atoms with Crippen LogP contribution in [0.5, 0.6) is 0 Å². The van der Waals surface area contributed by atoms with Crippen molar-refractivity contribution < 1.29 is 28.4 Å². The Hall–Kier alpha value is -4.38. The number of carbonyl (C=O) groups excluding carboxylic acids is 2. The summed E-state index contributed by atoms with van der Waals surface area (Å²) in [6.45, 7) is 1.64. The summed E-state index contributed by atoms with van der Waals surface area (Å²) in [5, 5.41) is 22.0. The predicted molar refractivity (Wildman–Crippen MR) is 120 cm³/mol. The first kappa shape index (κ1) is 21.5. The van der Waals surface area contributed by atoms with Gasteiger partial charge in [0.05, 0.1) is 26.8 Å². The Balaban J connectivity index is 1.67. The van der Waals surface area contributed by atoms with Crippen LogP contribution in [0, 0.1) is 22.9 Å². The number of carbonyl (C=O) groups is 2. The first-order valence-electron chi connectivity index (χ1n) is 9.93. The predicted octanol–water partition coefficient (Wildman–Crippen LogP) is 5.03. The number of furan rings is 1. The molecule has 34 heavy (non-hydrogen) atoms. The summed E-state index contributed by atoms with van der Waals surface area (Å²) in [5.41, 5.74) is 0.328. The lowest BCUT2D eigenvalue weighted by Gasteiger charge is -2.24. The van der Waals surface area contributed by atoms with E-state index in [1.165, 1.54) is 48.5 Å². The highest BCUT2D eigenvalue weighted by Crippen LogP contribution is 2.44. The molecule has 0 aliphatic carbocycles. The number of nitro benzene ring substituents is 1. The molecule has 1 aliphatic rings. The fraction of sp³-hybridized carbons (Fsp3) is 0.0870. The van der Waals surface area contributed by atoms with Gasteiger partial charge in [0.1, 0.15) is 11.6 Å². The van der Waals surface area contributed by atoms with Crippen LogP contribution in [-0.4, -0.2) is 26.7 Å². The number of nitro groups is 1.